The summed E-state index contributed by atoms with van der Waals surface area (Å²) in [6, 6.07) is 18.0. The van der Waals surface area contributed by atoms with E-state index >= 15 is 0 Å². The number of nitrogens with one attached hydrogen (secondary N) is 1. The van der Waals surface area contributed by atoms with Gasteiger partial charge in [-0.05, 0) is 49.9 Å². The van der Waals surface area contributed by atoms with Crippen molar-refractivity contribution in [2.45, 2.75) is 39.7 Å². The summed E-state index contributed by atoms with van der Waals surface area (Å²) in [4.78, 5) is 0. The van der Waals surface area contributed by atoms with E-state index in [1.165, 1.54) is 22.3 Å². The van der Waals surface area contributed by atoms with E-state index < -0.39 is 0 Å². The van der Waals surface area contributed by atoms with Gasteiger partial charge in [-0.25, -0.2) is 0 Å². The molecule has 0 aliphatic carbocycles. The van der Waals surface area contributed by atoms with Gasteiger partial charge in [0.15, 0.2) is 0 Å². The van der Waals surface area contributed by atoms with Crippen LogP contribution in [0.15, 0.2) is 48.5 Å². The maximum Gasteiger partial charge on any atom is 0.0360 e. The van der Waals surface area contributed by atoms with Crippen molar-refractivity contribution in [3.8, 4) is 0 Å². The van der Waals surface area contributed by atoms with Crippen molar-refractivity contribution >= 4 is 0 Å². The molecule has 0 spiro atoms. The summed E-state index contributed by atoms with van der Waals surface area (Å²) in [5.74, 6) is 0. The van der Waals surface area contributed by atoms with Crippen LogP contribution in [0, 0.1) is 13.8 Å². The maximum atomic E-state index is 3.68. The zero-order valence-corrected chi connectivity index (χ0v) is 12.8. The Balaban J connectivity index is 2.19. The summed E-state index contributed by atoms with van der Waals surface area (Å²) in [5.41, 5.74) is 5.51. The Morgan fingerprint density at radius 3 is 2.30 bits per heavy atom. The molecule has 1 heteroatoms. The van der Waals surface area contributed by atoms with Crippen LogP contribution in [0.3, 0.4) is 0 Å². The normalized spacial score (nSPS) is 12.3. The number of rotatable bonds is 6. The second-order valence-corrected chi connectivity index (χ2v) is 5.55. The van der Waals surface area contributed by atoms with Gasteiger partial charge >= 0.3 is 0 Å². The van der Waals surface area contributed by atoms with Crippen molar-refractivity contribution in [2.24, 2.45) is 0 Å². The van der Waals surface area contributed by atoms with Crippen LogP contribution in [0.2, 0.25) is 0 Å². The van der Waals surface area contributed by atoms with E-state index in [0.717, 1.165) is 19.4 Å². The van der Waals surface area contributed by atoms with Crippen LogP contribution in [0.4, 0.5) is 0 Å². The first-order valence-corrected chi connectivity index (χ1v) is 7.55. The molecule has 2 aromatic carbocycles. The molecule has 0 aliphatic rings. The lowest BCUT2D eigenvalue weighted by Gasteiger charge is -2.20. The molecular weight excluding hydrogens is 242 g/mol. The van der Waals surface area contributed by atoms with E-state index in [2.05, 4.69) is 74.6 Å². The van der Waals surface area contributed by atoms with Crippen molar-refractivity contribution in [2.75, 3.05) is 6.54 Å². The standard InChI is InChI=1S/C19H25N/c1-4-13-20-19(17-11-9-15(2)10-12-17)14-18-8-6-5-7-16(18)3/h5-12,19-20H,4,13-14H2,1-3H3. The van der Waals surface area contributed by atoms with E-state index in [4.69, 9.17) is 0 Å². The molecule has 0 amide bonds. The molecule has 0 aliphatic heterocycles. The van der Waals surface area contributed by atoms with Crippen LogP contribution in [0.25, 0.3) is 0 Å². The number of aryl methyl sites for hydroxylation is 2. The van der Waals surface area contributed by atoms with E-state index in [9.17, 15) is 0 Å². The third-order valence-corrected chi connectivity index (χ3v) is 3.81. The number of hydrogen-bond acceptors (Lipinski definition) is 1. The fraction of sp³-hybridized carbons (Fsp3) is 0.368. The van der Waals surface area contributed by atoms with Gasteiger partial charge in [0.05, 0.1) is 0 Å². The van der Waals surface area contributed by atoms with Crippen molar-refractivity contribution in [3.05, 3.63) is 70.8 Å². The van der Waals surface area contributed by atoms with E-state index in [1.807, 2.05) is 0 Å². The van der Waals surface area contributed by atoms with Crippen LogP contribution < -0.4 is 5.32 Å². The van der Waals surface area contributed by atoms with Crippen molar-refractivity contribution in [1.29, 1.82) is 0 Å². The highest BCUT2D eigenvalue weighted by Gasteiger charge is 2.12. The molecule has 0 aromatic heterocycles. The molecule has 1 N–H and O–H groups in total. The third-order valence-electron chi connectivity index (χ3n) is 3.81. The molecule has 0 heterocycles. The summed E-state index contributed by atoms with van der Waals surface area (Å²) in [5, 5.41) is 3.68. The molecule has 2 aromatic rings. The molecule has 0 fully saturated rings. The highest BCUT2D eigenvalue weighted by molar-refractivity contribution is 5.30. The lowest BCUT2D eigenvalue weighted by molar-refractivity contribution is 0.528. The summed E-state index contributed by atoms with van der Waals surface area (Å²) in [7, 11) is 0. The average Bonchev–Trinajstić information content (AvgIpc) is 2.46. The van der Waals surface area contributed by atoms with Gasteiger partial charge in [-0.3, -0.25) is 0 Å². The van der Waals surface area contributed by atoms with Gasteiger partial charge in [0, 0.05) is 6.04 Å². The lowest BCUT2D eigenvalue weighted by Crippen LogP contribution is -2.24. The zero-order chi connectivity index (χ0) is 14.4. The Labute approximate surface area is 123 Å². The van der Waals surface area contributed by atoms with Crippen molar-refractivity contribution in [1.82, 2.24) is 5.32 Å². The van der Waals surface area contributed by atoms with E-state index in [1.54, 1.807) is 0 Å². The molecular formula is C19H25N. The van der Waals surface area contributed by atoms with E-state index in [-0.39, 0.29) is 0 Å². The minimum atomic E-state index is 0.400. The molecule has 1 nitrogen and oxygen atoms in total. The van der Waals surface area contributed by atoms with Gasteiger partial charge in [0.1, 0.15) is 0 Å². The van der Waals surface area contributed by atoms with Crippen LogP contribution in [-0.4, -0.2) is 6.54 Å². The monoisotopic (exact) mass is 267 g/mol. The van der Waals surface area contributed by atoms with Gasteiger partial charge in [-0.1, -0.05) is 61.0 Å². The third kappa shape index (κ3) is 3.94. The molecule has 2 rings (SSSR count). The summed E-state index contributed by atoms with van der Waals surface area (Å²) in [6.07, 6.45) is 2.21. The Kier molecular flexibility index (Phi) is 5.37. The Hall–Kier alpha value is -1.60. The molecule has 0 bridgehead atoms. The summed E-state index contributed by atoms with van der Waals surface area (Å²) >= 11 is 0. The van der Waals surface area contributed by atoms with Crippen LogP contribution in [0.1, 0.15) is 41.6 Å². The molecule has 106 valence electrons. The maximum absolute atomic E-state index is 3.68. The SMILES string of the molecule is CCCNC(Cc1ccccc1C)c1ccc(C)cc1. The number of benzene rings is 2. The van der Waals surface area contributed by atoms with Gasteiger partial charge in [0.2, 0.25) is 0 Å². The second-order valence-electron chi connectivity index (χ2n) is 5.55. The van der Waals surface area contributed by atoms with Gasteiger partial charge in [0.25, 0.3) is 0 Å². The minimum Gasteiger partial charge on any atom is -0.310 e. The molecule has 1 atom stereocenters. The molecule has 0 radical (unpaired) electrons. The van der Waals surface area contributed by atoms with Crippen molar-refractivity contribution in [3.63, 3.8) is 0 Å². The van der Waals surface area contributed by atoms with Crippen LogP contribution in [-0.2, 0) is 6.42 Å². The highest BCUT2D eigenvalue weighted by Crippen LogP contribution is 2.21. The topological polar surface area (TPSA) is 12.0 Å². The molecule has 20 heavy (non-hydrogen) atoms. The van der Waals surface area contributed by atoms with Gasteiger partial charge < -0.3 is 5.32 Å². The predicted octanol–water partition coefficient (Wildman–Crippen LogP) is 4.59. The molecule has 0 saturated carbocycles. The molecule has 0 saturated heterocycles. The second kappa shape index (κ2) is 7.25. The Morgan fingerprint density at radius 1 is 0.950 bits per heavy atom. The van der Waals surface area contributed by atoms with E-state index in [0.29, 0.717) is 6.04 Å². The zero-order valence-electron chi connectivity index (χ0n) is 12.8. The van der Waals surface area contributed by atoms with Gasteiger partial charge in [-0.15, -0.1) is 0 Å². The first-order chi connectivity index (χ1) is 9.70. The smallest absolute Gasteiger partial charge is 0.0360 e. The minimum absolute atomic E-state index is 0.400. The summed E-state index contributed by atoms with van der Waals surface area (Å²) < 4.78 is 0. The molecule has 1 unspecified atom stereocenters. The first kappa shape index (κ1) is 14.8. The fourth-order valence-corrected chi connectivity index (χ4v) is 2.48. The predicted molar refractivity (Wildman–Crippen MR) is 87.1 cm³/mol. The van der Waals surface area contributed by atoms with Crippen LogP contribution in [0.5, 0.6) is 0 Å². The average molecular weight is 267 g/mol. The Morgan fingerprint density at radius 2 is 1.65 bits per heavy atom. The van der Waals surface area contributed by atoms with Crippen LogP contribution >= 0.6 is 0 Å². The highest BCUT2D eigenvalue weighted by atomic mass is 14.9. The Bertz CT molecular complexity index is 528. The largest absolute Gasteiger partial charge is 0.310 e. The quantitative estimate of drug-likeness (QED) is 0.807. The fourth-order valence-electron chi connectivity index (χ4n) is 2.48. The summed E-state index contributed by atoms with van der Waals surface area (Å²) in [6.45, 7) is 7.61. The van der Waals surface area contributed by atoms with Crippen molar-refractivity contribution < 1.29 is 0 Å². The lowest BCUT2D eigenvalue weighted by atomic mass is 9.95. The van der Waals surface area contributed by atoms with Gasteiger partial charge in [-0.2, -0.15) is 0 Å². The number of hydrogen-bond donors (Lipinski definition) is 1. The first-order valence-electron chi connectivity index (χ1n) is 7.55.